The first-order valence-corrected chi connectivity index (χ1v) is 19.2. The number of allylic oxidation sites excluding steroid dienone is 5. The zero-order chi connectivity index (χ0) is 37.4. The van der Waals surface area contributed by atoms with Crippen LogP contribution in [0.2, 0.25) is 0 Å². The molecule has 9 aromatic rings. The fraction of sp³-hybridized carbons (Fsp3) is 0.0185. The van der Waals surface area contributed by atoms with Crippen LogP contribution in [0.4, 0.5) is 0 Å². The van der Waals surface area contributed by atoms with Crippen LogP contribution in [0, 0.1) is 0 Å². The average molecular weight is 715 g/mol. The van der Waals surface area contributed by atoms with E-state index in [4.69, 9.17) is 11.6 Å². The van der Waals surface area contributed by atoms with Crippen molar-refractivity contribution in [3.05, 3.63) is 246 Å². The maximum atomic E-state index is 5.08. The highest BCUT2D eigenvalue weighted by Gasteiger charge is 2.19. The van der Waals surface area contributed by atoms with Crippen LogP contribution in [0.25, 0.3) is 66.4 Å². The maximum Gasteiger partial charge on any atom is 0.145 e. The van der Waals surface area contributed by atoms with E-state index in [0.717, 1.165) is 51.2 Å². The number of imidazole rings is 1. The zero-order valence-electron chi connectivity index (χ0n) is 30.9. The third-order valence-electron chi connectivity index (χ3n) is 11.0. The van der Waals surface area contributed by atoms with E-state index in [1.165, 1.54) is 55.0 Å². The fourth-order valence-corrected chi connectivity index (χ4v) is 8.17. The average Bonchev–Trinajstić information content (AvgIpc) is 3.67. The van der Waals surface area contributed by atoms with Crippen LogP contribution < -0.4 is 0 Å². The minimum Gasteiger partial charge on any atom is -0.292 e. The van der Waals surface area contributed by atoms with Crippen molar-refractivity contribution in [3.8, 4) is 17.1 Å². The van der Waals surface area contributed by atoms with Crippen molar-refractivity contribution in [3.63, 3.8) is 0 Å². The van der Waals surface area contributed by atoms with Crippen molar-refractivity contribution < 1.29 is 0 Å². The Bertz CT molecular complexity index is 3050. The van der Waals surface area contributed by atoms with Gasteiger partial charge in [-0.05, 0) is 114 Å². The van der Waals surface area contributed by atoms with Gasteiger partial charge in [0, 0.05) is 11.3 Å². The minimum absolute atomic E-state index is 0.802. The number of nitrogens with zero attached hydrogens (tertiary/aromatic N) is 2. The van der Waals surface area contributed by atoms with E-state index in [2.05, 4.69) is 205 Å². The molecule has 264 valence electrons. The summed E-state index contributed by atoms with van der Waals surface area (Å²) in [5.41, 5.74) is 14.8. The van der Waals surface area contributed by atoms with Gasteiger partial charge in [-0.1, -0.05) is 176 Å². The normalized spacial score (nSPS) is 13.6. The van der Waals surface area contributed by atoms with Crippen LogP contribution in [0.1, 0.15) is 34.2 Å². The lowest BCUT2D eigenvalue weighted by Crippen LogP contribution is -2.01. The lowest BCUT2D eigenvalue weighted by Gasteiger charge is -2.21. The summed E-state index contributed by atoms with van der Waals surface area (Å²) in [6.45, 7) is 4.69. The third-order valence-corrected chi connectivity index (χ3v) is 11.0. The zero-order valence-corrected chi connectivity index (χ0v) is 30.9. The second-order valence-electron chi connectivity index (χ2n) is 14.4. The number of hydrogen-bond acceptors (Lipinski definition) is 1. The topological polar surface area (TPSA) is 17.8 Å². The molecule has 1 aromatic heterocycles. The Labute approximate surface area is 327 Å². The largest absolute Gasteiger partial charge is 0.292 e. The van der Waals surface area contributed by atoms with Gasteiger partial charge in [0.15, 0.2) is 0 Å². The predicted molar refractivity (Wildman–Crippen MR) is 237 cm³/mol. The lowest BCUT2D eigenvalue weighted by molar-refractivity contribution is 1.10. The highest BCUT2D eigenvalue weighted by Crippen LogP contribution is 2.39. The molecule has 0 fully saturated rings. The number of rotatable bonds is 7. The summed E-state index contributed by atoms with van der Waals surface area (Å²) < 4.78 is 2.25. The summed E-state index contributed by atoms with van der Waals surface area (Å²) in [5.74, 6) is 0.936. The second-order valence-corrected chi connectivity index (χ2v) is 14.4. The lowest BCUT2D eigenvalue weighted by atomic mass is 9.83. The Balaban J connectivity index is 1.03. The maximum absolute atomic E-state index is 5.08. The summed E-state index contributed by atoms with van der Waals surface area (Å²) in [6.07, 6.45) is 7.76. The molecule has 0 bridgehead atoms. The number of para-hydroxylation sites is 3. The predicted octanol–water partition coefficient (Wildman–Crippen LogP) is 13.9. The third kappa shape index (κ3) is 6.08. The first-order valence-electron chi connectivity index (χ1n) is 19.2. The second kappa shape index (κ2) is 14.2. The number of benzene rings is 8. The van der Waals surface area contributed by atoms with Gasteiger partial charge in [-0.3, -0.25) is 4.57 Å². The van der Waals surface area contributed by atoms with Crippen LogP contribution >= 0.6 is 0 Å². The van der Waals surface area contributed by atoms with E-state index in [-0.39, 0.29) is 0 Å². The fourth-order valence-electron chi connectivity index (χ4n) is 8.17. The summed E-state index contributed by atoms with van der Waals surface area (Å²) in [6, 6.07) is 67.0. The summed E-state index contributed by atoms with van der Waals surface area (Å²) in [5, 5.41) is 4.91. The van der Waals surface area contributed by atoms with E-state index in [1.807, 2.05) is 6.07 Å². The molecule has 0 saturated heterocycles. The van der Waals surface area contributed by atoms with E-state index in [0.29, 0.717) is 0 Å². The van der Waals surface area contributed by atoms with Gasteiger partial charge in [0.1, 0.15) is 5.82 Å². The van der Waals surface area contributed by atoms with Gasteiger partial charge in [-0.15, -0.1) is 0 Å². The smallest absolute Gasteiger partial charge is 0.145 e. The Morgan fingerprint density at radius 1 is 0.500 bits per heavy atom. The molecule has 0 radical (unpaired) electrons. The van der Waals surface area contributed by atoms with Gasteiger partial charge >= 0.3 is 0 Å². The molecule has 56 heavy (non-hydrogen) atoms. The molecule has 2 heteroatoms. The van der Waals surface area contributed by atoms with Crippen LogP contribution in [-0.4, -0.2) is 9.55 Å². The molecular weight excluding hydrogens is 677 g/mol. The van der Waals surface area contributed by atoms with Crippen LogP contribution in [0.3, 0.4) is 0 Å². The molecule has 1 heterocycles. The Kier molecular flexibility index (Phi) is 8.42. The van der Waals surface area contributed by atoms with Gasteiger partial charge < -0.3 is 0 Å². The molecule has 1 aliphatic carbocycles. The van der Waals surface area contributed by atoms with Crippen molar-refractivity contribution >= 4 is 49.3 Å². The number of aromatic nitrogens is 2. The molecular formula is C54H38N2. The Hall–Kier alpha value is -7.29. The van der Waals surface area contributed by atoms with E-state index >= 15 is 0 Å². The van der Waals surface area contributed by atoms with E-state index < -0.39 is 0 Å². The first kappa shape index (κ1) is 33.3. The quantitative estimate of drug-likeness (QED) is 0.161. The van der Waals surface area contributed by atoms with Gasteiger partial charge in [0.2, 0.25) is 0 Å². The van der Waals surface area contributed by atoms with Gasteiger partial charge in [0.25, 0.3) is 0 Å². The minimum atomic E-state index is 0.802. The molecule has 0 atom stereocenters. The molecule has 2 nitrogen and oxygen atoms in total. The number of fused-ring (bicyclic) bond motifs is 3. The highest BCUT2D eigenvalue weighted by atomic mass is 15.1. The van der Waals surface area contributed by atoms with Crippen LogP contribution in [0.5, 0.6) is 0 Å². The molecule has 1 aliphatic rings. The molecule has 8 aromatic carbocycles. The van der Waals surface area contributed by atoms with Crippen LogP contribution in [0.15, 0.2) is 218 Å². The summed E-state index contributed by atoms with van der Waals surface area (Å²) in [4.78, 5) is 5.08. The van der Waals surface area contributed by atoms with Crippen molar-refractivity contribution in [2.75, 3.05) is 0 Å². The molecule has 0 aliphatic heterocycles. The molecule has 0 saturated carbocycles. The van der Waals surface area contributed by atoms with Crippen molar-refractivity contribution in [1.82, 2.24) is 9.55 Å². The van der Waals surface area contributed by atoms with Crippen LogP contribution in [-0.2, 0) is 0 Å². The Morgan fingerprint density at radius 2 is 1.09 bits per heavy atom. The first-order chi connectivity index (χ1) is 27.7. The summed E-state index contributed by atoms with van der Waals surface area (Å²) in [7, 11) is 0. The molecule has 0 spiro atoms. The molecule has 0 N–H and O–H groups in total. The van der Waals surface area contributed by atoms with Crippen molar-refractivity contribution in [2.45, 2.75) is 6.42 Å². The Morgan fingerprint density at radius 3 is 1.80 bits per heavy atom. The van der Waals surface area contributed by atoms with Crippen molar-refractivity contribution in [2.24, 2.45) is 0 Å². The SMILES string of the molecule is C=C(c1ccc2ccccc2c1)c1ccccc1/C(=C1/C=CC(c2ccc(-c3nc4ccccc4n3-c3ccccc3)cc2)=CC1)c1ccc2ccccc2c1. The molecule has 0 unspecified atom stereocenters. The van der Waals surface area contributed by atoms with E-state index in [9.17, 15) is 0 Å². The van der Waals surface area contributed by atoms with Crippen molar-refractivity contribution in [1.29, 1.82) is 0 Å². The van der Waals surface area contributed by atoms with Gasteiger partial charge in [-0.2, -0.15) is 0 Å². The highest BCUT2D eigenvalue weighted by molar-refractivity contribution is 5.97. The molecule has 10 rings (SSSR count). The van der Waals surface area contributed by atoms with Gasteiger partial charge in [-0.25, -0.2) is 4.98 Å². The number of hydrogen-bond donors (Lipinski definition) is 0. The molecule has 0 amide bonds. The van der Waals surface area contributed by atoms with E-state index in [1.54, 1.807) is 0 Å². The standard InChI is InChI=1S/C54H38N2/c1-37(44-33-27-38-13-5-7-15-45(38)35-44)49-19-9-10-20-50(49)53(47-34-28-39-14-6-8-16-46(39)36-47)42-29-23-40(24-30-42)41-25-31-43(32-26-41)54-55-51-21-11-12-22-52(51)56(54)48-17-3-2-4-18-48/h2-29,31-36H,1,30H2/b53-42-. The summed E-state index contributed by atoms with van der Waals surface area (Å²) >= 11 is 0. The monoisotopic (exact) mass is 714 g/mol. The van der Waals surface area contributed by atoms with Gasteiger partial charge in [0.05, 0.1) is 11.0 Å².